The van der Waals surface area contributed by atoms with Crippen molar-refractivity contribution in [1.29, 1.82) is 0 Å². The summed E-state index contributed by atoms with van der Waals surface area (Å²) < 4.78 is 2.27. The van der Waals surface area contributed by atoms with E-state index in [0.29, 0.717) is 0 Å². The first kappa shape index (κ1) is 29.3. The second kappa shape index (κ2) is 11.3. The Labute approximate surface area is 280 Å². The molecule has 0 aliphatic heterocycles. The first-order chi connectivity index (χ1) is 22.8. The molecule has 0 spiro atoms. The van der Waals surface area contributed by atoms with Gasteiger partial charge in [0.15, 0.2) is 0 Å². The van der Waals surface area contributed by atoms with Crippen LogP contribution in [0.25, 0.3) is 71.6 Å². The highest BCUT2D eigenvalue weighted by Crippen LogP contribution is 2.44. The third kappa shape index (κ3) is 4.60. The summed E-state index contributed by atoms with van der Waals surface area (Å²) in [5.41, 5.74) is 17.7. The van der Waals surface area contributed by atoms with Gasteiger partial charge in [0.05, 0.1) is 11.0 Å². The van der Waals surface area contributed by atoms with E-state index in [9.17, 15) is 0 Å². The van der Waals surface area contributed by atoms with Gasteiger partial charge in [-0.15, -0.1) is 16.4 Å². The maximum atomic E-state index is 4.88. The summed E-state index contributed by atoms with van der Waals surface area (Å²) in [5.74, 6) is 0.983. The molecule has 0 saturated carbocycles. The average molecular weight is 596 g/mol. The van der Waals surface area contributed by atoms with Gasteiger partial charge in [0, 0.05) is 5.69 Å². The molecule has 0 atom stereocenters. The Morgan fingerprint density at radius 2 is 1.04 bits per heavy atom. The standard InChI is InChI=1S/C40H33B5N2/c1-22-46-31-16-7-8-17-32(31)47(22)26-13-9-12-25(20-26)33-27-14-5-6-15-28(27)34(35-36(41)38(43)40(45)39(44)37(35)42)30-21-24(18-19-29(30)33)23-10-3-2-4-11-23/h2-21H,41-45H2,1H3. The number of para-hydroxylation sites is 2. The van der Waals surface area contributed by atoms with Gasteiger partial charge in [0.25, 0.3) is 0 Å². The number of imidazole rings is 1. The molecule has 7 heteroatoms. The van der Waals surface area contributed by atoms with Crippen LogP contribution < -0.4 is 27.3 Å². The Morgan fingerprint density at radius 1 is 0.447 bits per heavy atom. The molecule has 0 fully saturated rings. The summed E-state index contributed by atoms with van der Waals surface area (Å²) in [6.45, 7) is 2.09. The minimum Gasteiger partial charge on any atom is -0.297 e. The number of hydrogen-bond donors (Lipinski definition) is 0. The monoisotopic (exact) mass is 596 g/mol. The van der Waals surface area contributed by atoms with Crippen LogP contribution in [0.15, 0.2) is 121 Å². The van der Waals surface area contributed by atoms with Crippen molar-refractivity contribution in [2.75, 3.05) is 0 Å². The van der Waals surface area contributed by atoms with Gasteiger partial charge < -0.3 is 0 Å². The van der Waals surface area contributed by atoms with Gasteiger partial charge in [-0.2, -0.15) is 0 Å². The lowest BCUT2D eigenvalue weighted by atomic mass is 9.59. The van der Waals surface area contributed by atoms with Crippen molar-refractivity contribution in [3.8, 4) is 39.1 Å². The number of aryl methyl sites for hydroxylation is 1. The highest BCUT2D eigenvalue weighted by Gasteiger charge is 2.22. The molecule has 8 rings (SSSR count). The highest BCUT2D eigenvalue weighted by atomic mass is 15.1. The summed E-state index contributed by atoms with van der Waals surface area (Å²) in [6.07, 6.45) is 0. The van der Waals surface area contributed by atoms with Crippen molar-refractivity contribution in [3.63, 3.8) is 0 Å². The topological polar surface area (TPSA) is 17.8 Å². The van der Waals surface area contributed by atoms with Crippen LogP contribution in [0.5, 0.6) is 0 Å². The first-order valence-corrected chi connectivity index (χ1v) is 16.5. The lowest BCUT2D eigenvalue weighted by Gasteiger charge is -2.25. The third-order valence-electron chi connectivity index (χ3n) is 10.5. The van der Waals surface area contributed by atoms with E-state index in [0.717, 1.165) is 22.5 Å². The van der Waals surface area contributed by atoms with Gasteiger partial charge in [-0.05, 0) is 92.2 Å². The Hall–Kier alpha value is -5.15. The maximum Gasteiger partial charge on any atom is 0.139 e. The van der Waals surface area contributed by atoms with Crippen molar-refractivity contribution < 1.29 is 0 Å². The van der Waals surface area contributed by atoms with E-state index in [1.54, 1.807) is 0 Å². The molecule has 0 aliphatic carbocycles. The van der Waals surface area contributed by atoms with Crippen LogP contribution in [-0.4, -0.2) is 48.8 Å². The van der Waals surface area contributed by atoms with E-state index in [1.165, 1.54) is 82.2 Å². The number of benzene rings is 7. The molecule has 0 amide bonds. The summed E-state index contributed by atoms with van der Waals surface area (Å²) in [4.78, 5) is 4.88. The fraction of sp³-hybridized carbons (Fsp3) is 0.0250. The molecule has 2 nitrogen and oxygen atoms in total. The zero-order valence-corrected chi connectivity index (χ0v) is 27.9. The summed E-state index contributed by atoms with van der Waals surface area (Å²) in [5, 5.41) is 5.09. The van der Waals surface area contributed by atoms with Crippen molar-refractivity contribution in [2.45, 2.75) is 6.92 Å². The molecule has 47 heavy (non-hydrogen) atoms. The first-order valence-electron chi connectivity index (χ1n) is 16.5. The van der Waals surface area contributed by atoms with E-state index in [-0.39, 0.29) is 0 Å². The Kier molecular flexibility index (Phi) is 7.02. The van der Waals surface area contributed by atoms with Crippen molar-refractivity contribution in [3.05, 3.63) is 127 Å². The maximum absolute atomic E-state index is 4.88. The molecule has 7 aromatic carbocycles. The third-order valence-corrected chi connectivity index (χ3v) is 10.5. The fourth-order valence-corrected chi connectivity index (χ4v) is 7.72. The predicted octanol–water partition coefficient (Wildman–Crippen LogP) is 1.93. The van der Waals surface area contributed by atoms with Crippen molar-refractivity contribution in [2.24, 2.45) is 0 Å². The van der Waals surface area contributed by atoms with Crippen LogP contribution >= 0.6 is 0 Å². The minimum atomic E-state index is 0.983. The smallest absolute Gasteiger partial charge is 0.139 e. The number of fused-ring (bicyclic) bond motifs is 3. The largest absolute Gasteiger partial charge is 0.297 e. The summed E-state index contributed by atoms with van der Waals surface area (Å²) >= 11 is 0. The van der Waals surface area contributed by atoms with Crippen molar-refractivity contribution in [1.82, 2.24) is 9.55 Å². The number of rotatable bonds is 4. The van der Waals surface area contributed by atoms with E-state index in [1.807, 2.05) is 0 Å². The molecule has 218 valence electrons. The molecular formula is C40H33B5N2. The minimum absolute atomic E-state index is 0.983. The van der Waals surface area contributed by atoms with Crippen LogP contribution in [0.1, 0.15) is 5.82 Å². The molecule has 0 N–H and O–H groups in total. The van der Waals surface area contributed by atoms with Gasteiger partial charge in [-0.25, -0.2) is 4.98 Å². The number of hydrogen-bond acceptors (Lipinski definition) is 1. The zero-order chi connectivity index (χ0) is 32.4. The van der Waals surface area contributed by atoms with Gasteiger partial charge in [0.1, 0.15) is 45.1 Å². The van der Waals surface area contributed by atoms with E-state index < -0.39 is 0 Å². The molecule has 0 saturated heterocycles. The Balaban J connectivity index is 1.50. The molecule has 1 aromatic heterocycles. The zero-order valence-electron chi connectivity index (χ0n) is 27.9. The van der Waals surface area contributed by atoms with Crippen LogP contribution in [0.4, 0.5) is 0 Å². The van der Waals surface area contributed by atoms with Gasteiger partial charge in [0.2, 0.25) is 0 Å². The number of aromatic nitrogens is 2. The lowest BCUT2D eigenvalue weighted by Crippen LogP contribution is -2.55. The van der Waals surface area contributed by atoms with Crippen LogP contribution in [0.3, 0.4) is 0 Å². The van der Waals surface area contributed by atoms with Crippen LogP contribution in [-0.2, 0) is 0 Å². The second-order valence-corrected chi connectivity index (χ2v) is 13.0. The molecule has 0 radical (unpaired) electrons. The Morgan fingerprint density at radius 3 is 1.79 bits per heavy atom. The molecule has 8 aromatic rings. The average Bonchev–Trinajstić information content (AvgIpc) is 3.45. The quantitative estimate of drug-likeness (QED) is 0.225. The fourth-order valence-electron chi connectivity index (χ4n) is 7.72. The van der Waals surface area contributed by atoms with Gasteiger partial charge in [-0.3, -0.25) is 4.57 Å². The van der Waals surface area contributed by atoms with Crippen LogP contribution in [0, 0.1) is 6.92 Å². The lowest BCUT2D eigenvalue weighted by molar-refractivity contribution is 1.00. The Bertz CT molecular complexity index is 2510. The van der Waals surface area contributed by atoms with E-state index in [2.05, 4.69) is 172 Å². The summed E-state index contributed by atoms with van der Waals surface area (Å²) in [7, 11) is 11.4. The molecule has 1 heterocycles. The predicted molar refractivity (Wildman–Crippen MR) is 218 cm³/mol. The van der Waals surface area contributed by atoms with Gasteiger partial charge >= 0.3 is 0 Å². The normalized spacial score (nSPS) is 11.5. The molecule has 0 unspecified atom stereocenters. The molecule has 0 aliphatic rings. The molecular weight excluding hydrogens is 563 g/mol. The van der Waals surface area contributed by atoms with E-state index >= 15 is 0 Å². The van der Waals surface area contributed by atoms with Gasteiger partial charge in [-0.1, -0.05) is 102 Å². The number of nitrogens with zero attached hydrogens (tertiary/aromatic N) is 2. The SMILES string of the molecule is Bc1c(B)c(B)c(-c2c3ccccc3c(-c3cccc(-n4c(C)nc5ccccc54)c3)c3ccc(-c4ccccc4)cc23)c(B)c1B. The summed E-state index contributed by atoms with van der Waals surface area (Å²) in [6, 6.07) is 44.2. The van der Waals surface area contributed by atoms with Crippen LogP contribution in [0.2, 0.25) is 0 Å². The van der Waals surface area contributed by atoms with Crippen molar-refractivity contribution >= 4 is 99.1 Å². The van der Waals surface area contributed by atoms with E-state index in [4.69, 9.17) is 4.98 Å². The highest BCUT2D eigenvalue weighted by molar-refractivity contribution is 6.69. The molecule has 0 bridgehead atoms. The second-order valence-electron chi connectivity index (χ2n) is 13.0.